The van der Waals surface area contributed by atoms with Crippen LogP contribution in [0.1, 0.15) is 32.4 Å². The van der Waals surface area contributed by atoms with E-state index < -0.39 is 6.10 Å². The molecule has 2 heterocycles. The van der Waals surface area contributed by atoms with Gasteiger partial charge in [0.2, 0.25) is 5.95 Å². The Kier molecular flexibility index (Phi) is 5.31. The van der Waals surface area contributed by atoms with Crippen LogP contribution in [-0.2, 0) is 6.54 Å². The van der Waals surface area contributed by atoms with Gasteiger partial charge in [0.05, 0.1) is 12.4 Å². The predicted octanol–water partition coefficient (Wildman–Crippen LogP) is 2.22. The number of fused-ring (bicyclic) bond motifs is 1. The first kappa shape index (κ1) is 18.7. The molecule has 27 heavy (non-hydrogen) atoms. The number of phenolic OH excluding ortho intramolecular Hbond substituents is 2. The van der Waals surface area contributed by atoms with Gasteiger partial charge in [0, 0.05) is 30.8 Å². The Balaban J connectivity index is 1.94. The molecule has 0 radical (unpaired) electrons. The number of benzene rings is 1. The molecule has 9 nitrogen and oxygen atoms in total. The lowest BCUT2D eigenvalue weighted by Gasteiger charge is -2.13. The summed E-state index contributed by atoms with van der Waals surface area (Å²) in [6.45, 7) is 6.36. The molecule has 9 heteroatoms. The fourth-order valence-corrected chi connectivity index (χ4v) is 2.62. The van der Waals surface area contributed by atoms with Gasteiger partial charge in [0.25, 0.3) is 0 Å². The second kappa shape index (κ2) is 7.67. The number of nitrogens with one attached hydrogen (secondary N) is 2. The summed E-state index contributed by atoms with van der Waals surface area (Å²) >= 11 is 0. The van der Waals surface area contributed by atoms with Crippen molar-refractivity contribution in [3.05, 3.63) is 30.1 Å². The molecular weight excluding hydrogens is 348 g/mol. The van der Waals surface area contributed by atoms with Crippen molar-refractivity contribution in [3.8, 4) is 11.5 Å². The fourth-order valence-electron chi connectivity index (χ4n) is 2.62. The Hall–Kier alpha value is -3.07. The minimum atomic E-state index is -0.537. The van der Waals surface area contributed by atoms with Gasteiger partial charge in [0.1, 0.15) is 11.5 Å². The molecule has 0 saturated carbocycles. The number of aliphatic hydroxyl groups is 1. The minimum absolute atomic E-state index is 0.000891. The van der Waals surface area contributed by atoms with Crippen molar-refractivity contribution in [2.24, 2.45) is 0 Å². The summed E-state index contributed by atoms with van der Waals surface area (Å²) in [5.74, 6) is 0.886. The first-order valence-electron chi connectivity index (χ1n) is 8.76. The molecular formula is C18H24N6O3. The largest absolute Gasteiger partial charge is 0.508 e. The van der Waals surface area contributed by atoms with Gasteiger partial charge >= 0.3 is 0 Å². The van der Waals surface area contributed by atoms with E-state index in [1.807, 2.05) is 18.4 Å². The summed E-state index contributed by atoms with van der Waals surface area (Å²) in [4.78, 5) is 13.4. The first-order chi connectivity index (χ1) is 12.8. The van der Waals surface area contributed by atoms with E-state index in [0.717, 1.165) is 0 Å². The standard InChI is InChI=1S/C18H24N6O3/c1-10(2)24-9-21-15-16(19-8-12-4-5-13(26)6-14(12)27)22-18(23-17(15)24)20-7-11(3)25/h4-6,9-11,25-27H,7-8H2,1-3H3,(H2,19,20,22,23). The average Bonchev–Trinajstić information content (AvgIpc) is 3.03. The number of anilines is 2. The Morgan fingerprint density at radius 1 is 1.11 bits per heavy atom. The Morgan fingerprint density at radius 3 is 2.56 bits per heavy atom. The third kappa shape index (κ3) is 4.20. The summed E-state index contributed by atoms with van der Waals surface area (Å²) < 4.78 is 1.94. The van der Waals surface area contributed by atoms with Crippen molar-refractivity contribution in [2.45, 2.75) is 39.5 Å². The van der Waals surface area contributed by atoms with Crippen molar-refractivity contribution in [1.29, 1.82) is 0 Å². The highest BCUT2D eigenvalue weighted by atomic mass is 16.3. The molecule has 1 atom stereocenters. The lowest BCUT2D eigenvalue weighted by Crippen LogP contribution is -2.17. The molecule has 0 aliphatic carbocycles. The second-order valence-electron chi connectivity index (χ2n) is 6.71. The molecule has 144 valence electrons. The molecule has 0 amide bonds. The zero-order valence-corrected chi connectivity index (χ0v) is 15.5. The molecule has 0 aliphatic heterocycles. The fraction of sp³-hybridized carbons (Fsp3) is 0.389. The van der Waals surface area contributed by atoms with Crippen LogP contribution in [0, 0.1) is 0 Å². The monoisotopic (exact) mass is 372 g/mol. The summed E-state index contributed by atoms with van der Waals surface area (Å²) in [7, 11) is 0. The summed E-state index contributed by atoms with van der Waals surface area (Å²) in [5.41, 5.74) is 1.90. The van der Waals surface area contributed by atoms with Crippen molar-refractivity contribution in [3.63, 3.8) is 0 Å². The van der Waals surface area contributed by atoms with Crippen molar-refractivity contribution in [1.82, 2.24) is 19.5 Å². The van der Waals surface area contributed by atoms with E-state index in [2.05, 4.69) is 25.6 Å². The van der Waals surface area contributed by atoms with Gasteiger partial charge in [-0.15, -0.1) is 0 Å². The van der Waals surface area contributed by atoms with Gasteiger partial charge in [-0.1, -0.05) is 0 Å². The van der Waals surface area contributed by atoms with Gasteiger partial charge in [-0.2, -0.15) is 9.97 Å². The topological polar surface area (TPSA) is 128 Å². The molecule has 0 aliphatic rings. The molecule has 1 unspecified atom stereocenters. The maximum atomic E-state index is 9.97. The number of imidazole rings is 1. The minimum Gasteiger partial charge on any atom is -0.508 e. The van der Waals surface area contributed by atoms with Crippen molar-refractivity contribution in [2.75, 3.05) is 17.2 Å². The van der Waals surface area contributed by atoms with E-state index in [9.17, 15) is 15.3 Å². The number of aromatic hydroxyl groups is 2. The number of phenols is 2. The van der Waals surface area contributed by atoms with Gasteiger partial charge in [-0.25, -0.2) is 4.98 Å². The van der Waals surface area contributed by atoms with E-state index in [-0.39, 0.29) is 17.5 Å². The van der Waals surface area contributed by atoms with E-state index in [1.54, 1.807) is 19.3 Å². The molecule has 3 aromatic rings. The maximum Gasteiger partial charge on any atom is 0.226 e. The van der Waals surface area contributed by atoms with Crippen molar-refractivity contribution < 1.29 is 15.3 Å². The Labute approximate surface area is 156 Å². The van der Waals surface area contributed by atoms with E-state index in [1.165, 1.54) is 12.1 Å². The lowest BCUT2D eigenvalue weighted by molar-refractivity contribution is 0.208. The van der Waals surface area contributed by atoms with Crippen LogP contribution in [0.4, 0.5) is 11.8 Å². The van der Waals surface area contributed by atoms with E-state index in [4.69, 9.17) is 0 Å². The predicted molar refractivity (Wildman–Crippen MR) is 103 cm³/mol. The Bertz CT molecular complexity index is 938. The summed E-state index contributed by atoms with van der Waals surface area (Å²) in [6, 6.07) is 4.60. The van der Waals surface area contributed by atoms with Crippen LogP contribution in [0.5, 0.6) is 11.5 Å². The molecule has 3 rings (SSSR count). The lowest BCUT2D eigenvalue weighted by atomic mass is 10.2. The SMILES string of the molecule is CC(O)CNc1nc(NCc2ccc(O)cc2O)c2ncn(C(C)C)c2n1. The van der Waals surface area contributed by atoms with Crippen LogP contribution in [-0.4, -0.2) is 47.5 Å². The molecule has 2 aromatic heterocycles. The third-order valence-corrected chi connectivity index (χ3v) is 4.05. The third-order valence-electron chi connectivity index (χ3n) is 4.05. The average molecular weight is 372 g/mol. The molecule has 0 bridgehead atoms. The zero-order chi connectivity index (χ0) is 19.6. The number of aliphatic hydroxyl groups excluding tert-OH is 1. The highest BCUT2D eigenvalue weighted by molar-refractivity contribution is 5.84. The van der Waals surface area contributed by atoms with Crippen LogP contribution in [0.15, 0.2) is 24.5 Å². The summed E-state index contributed by atoms with van der Waals surface area (Å²) in [6.07, 6.45) is 1.18. The molecule has 0 spiro atoms. The van der Waals surface area contributed by atoms with Crippen LogP contribution in [0.2, 0.25) is 0 Å². The maximum absolute atomic E-state index is 9.97. The molecule has 1 aromatic carbocycles. The number of aromatic nitrogens is 4. The number of hydrogen-bond donors (Lipinski definition) is 5. The zero-order valence-electron chi connectivity index (χ0n) is 15.5. The highest BCUT2D eigenvalue weighted by Crippen LogP contribution is 2.26. The molecule has 0 fully saturated rings. The van der Waals surface area contributed by atoms with Crippen LogP contribution < -0.4 is 10.6 Å². The smallest absolute Gasteiger partial charge is 0.226 e. The Morgan fingerprint density at radius 2 is 1.89 bits per heavy atom. The number of rotatable bonds is 7. The normalized spacial score (nSPS) is 12.5. The van der Waals surface area contributed by atoms with Crippen molar-refractivity contribution >= 4 is 22.9 Å². The summed E-state index contributed by atoms with van der Waals surface area (Å²) in [5, 5.41) is 35.1. The van der Waals surface area contributed by atoms with Crippen LogP contribution in [0.25, 0.3) is 11.2 Å². The van der Waals surface area contributed by atoms with Gasteiger partial charge in [-0.05, 0) is 32.9 Å². The van der Waals surface area contributed by atoms with Crippen LogP contribution >= 0.6 is 0 Å². The first-order valence-corrected chi connectivity index (χ1v) is 8.76. The van der Waals surface area contributed by atoms with Gasteiger partial charge in [0.15, 0.2) is 17.0 Å². The quantitative estimate of drug-likeness (QED) is 0.427. The molecule has 5 N–H and O–H groups in total. The van der Waals surface area contributed by atoms with Gasteiger partial charge in [-0.3, -0.25) is 0 Å². The van der Waals surface area contributed by atoms with E-state index in [0.29, 0.717) is 41.6 Å². The molecule has 0 saturated heterocycles. The van der Waals surface area contributed by atoms with E-state index >= 15 is 0 Å². The van der Waals surface area contributed by atoms with Gasteiger partial charge < -0.3 is 30.5 Å². The number of hydrogen-bond acceptors (Lipinski definition) is 8. The second-order valence-corrected chi connectivity index (χ2v) is 6.71. The van der Waals surface area contributed by atoms with Crippen LogP contribution in [0.3, 0.4) is 0 Å². The number of nitrogens with zero attached hydrogens (tertiary/aromatic N) is 4. The highest BCUT2D eigenvalue weighted by Gasteiger charge is 2.15.